The number of hydrogen-bond donors (Lipinski definition) is 1. The Bertz CT molecular complexity index is 377. The van der Waals surface area contributed by atoms with Crippen molar-refractivity contribution in [1.82, 2.24) is 4.98 Å². The number of hydrogen-bond acceptors (Lipinski definition) is 4. The number of pyridine rings is 1. The molecule has 1 heterocycles. The molecule has 0 fully saturated rings. The zero-order valence-corrected chi connectivity index (χ0v) is 10.8. The molecule has 7 heteroatoms. The van der Waals surface area contributed by atoms with Crippen LogP contribution in [0.2, 0.25) is 0 Å². The van der Waals surface area contributed by atoms with Crippen LogP contribution >= 0.6 is 0 Å². The van der Waals surface area contributed by atoms with E-state index in [0.717, 1.165) is 6.07 Å². The molecular formula is C12H18F3N3O. The van der Waals surface area contributed by atoms with E-state index in [9.17, 15) is 13.2 Å². The van der Waals surface area contributed by atoms with Gasteiger partial charge in [0, 0.05) is 20.2 Å². The highest BCUT2D eigenvalue weighted by molar-refractivity contribution is 5.39. The van der Waals surface area contributed by atoms with Gasteiger partial charge < -0.3 is 15.4 Å². The predicted molar refractivity (Wildman–Crippen MR) is 67.0 cm³/mol. The lowest BCUT2D eigenvalue weighted by Gasteiger charge is -2.23. The van der Waals surface area contributed by atoms with Crippen molar-refractivity contribution >= 4 is 5.82 Å². The van der Waals surface area contributed by atoms with E-state index in [1.165, 1.54) is 6.07 Å². The van der Waals surface area contributed by atoms with Gasteiger partial charge in [0.2, 0.25) is 0 Å². The molecule has 0 unspecified atom stereocenters. The Kier molecular flexibility index (Phi) is 6.04. The number of anilines is 1. The van der Waals surface area contributed by atoms with Crippen molar-refractivity contribution in [3.05, 3.63) is 23.9 Å². The van der Waals surface area contributed by atoms with E-state index in [-0.39, 0.29) is 0 Å². The van der Waals surface area contributed by atoms with Crippen molar-refractivity contribution in [2.45, 2.75) is 12.6 Å². The van der Waals surface area contributed by atoms with Crippen LogP contribution in [0.4, 0.5) is 19.0 Å². The van der Waals surface area contributed by atoms with Crippen LogP contribution in [0.1, 0.15) is 12.1 Å². The molecule has 0 saturated heterocycles. The maximum Gasteiger partial charge on any atom is 0.433 e. The molecule has 19 heavy (non-hydrogen) atoms. The minimum absolute atomic E-state index is 0.292. The van der Waals surface area contributed by atoms with E-state index in [1.54, 1.807) is 18.1 Å². The molecule has 0 bridgehead atoms. The van der Waals surface area contributed by atoms with Gasteiger partial charge in [-0.3, -0.25) is 0 Å². The smallest absolute Gasteiger partial charge is 0.383 e. The van der Waals surface area contributed by atoms with Gasteiger partial charge in [-0.05, 0) is 25.1 Å². The first-order valence-corrected chi connectivity index (χ1v) is 5.97. The summed E-state index contributed by atoms with van der Waals surface area (Å²) in [7, 11) is 1.54. The van der Waals surface area contributed by atoms with E-state index in [0.29, 0.717) is 38.5 Å². The molecule has 1 aromatic rings. The largest absolute Gasteiger partial charge is 0.433 e. The van der Waals surface area contributed by atoms with Gasteiger partial charge in [-0.2, -0.15) is 13.2 Å². The van der Waals surface area contributed by atoms with Crippen LogP contribution in [-0.2, 0) is 10.9 Å². The van der Waals surface area contributed by atoms with Crippen LogP contribution in [0, 0.1) is 0 Å². The highest BCUT2D eigenvalue weighted by Crippen LogP contribution is 2.28. The molecule has 0 spiro atoms. The third-order valence-corrected chi connectivity index (χ3v) is 2.55. The molecule has 1 aromatic heterocycles. The molecule has 0 aliphatic rings. The minimum atomic E-state index is -4.43. The average Bonchev–Trinajstić information content (AvgIpc) is 2.38. The zero-order valence-electron chi connectivity index (χ0n) is 10.8. The van der Waals surface area contributed by atoms with Crippen LogP contribution in [0.3, 0.4) is 0 Å². The van der Waals surface area contributed by atoms with Crippen molar-refractivity contribution in [1.29, 1.82) is 0 Å². The molecule has 0 aliphatic carbocycles. The zero-order chi connectivity index (χ0) is 14.3. The summed E-state index contributed by atoms with van der Waals surface area (Å²) < 4.78 is 42.8. The molecule has 4 nitrogen and oxygen atoms in total. The monoisotopic (exact) mass is 277 g/mol. The third-order valence-electron chi connectivity index (χ3n) is 2.55. The lowest BCUT2D eigenvalue weighted by molar-refractivity contribution is -0.141. The number of nitrogens with two attached hydrogens (primary N) is 1. The fourth-order valence-electron chi connectivity index (χ4n) is 1.58. The van der Waals surface area contributed by atoms with Gasteiger partial charge in [-0.25, -0.2) is 4.98 Å². The van der Waals surface area contributed by atoms with Crippen molar-refractivity contribution < 1.29 is 17.9 Å². The Morgan fingerprint density at radius 1 is 1.32 bits per heavy atom. The van der Waals surface area contributed by atoms with Gasteiger partial charge in [-0.1, -0.05) is 6.07 Å². The minimum Gasteiger partial charge on any atom is -0.383 e. The van der Waals surface area contributed by atoms with Gasteiger partial charge in [-0.15, -0.1) is 0 Å². The van der Waals surface area contributed by atoms with Gasteiger partial charge in [0.05, 0.1) is 6.61 Å². The number of aromatic nitrogens is 1. The number of alkyl halides is 3. The summed E-state index contributed by atoms with van der Waals surface area (Å²) in [5, 5.41) is 0. The van der Waals surface area contributed by atoms with Gasteiger partial charge >= 0.3 is 6.18 Å². The molecule has 0 atom stereocenters. The summed E-state index contributed by atoms with van der Waals surface area (Å²) in [6.45, 7) is 1.92. The Morgan fingerprint density at radius 3 is 2.63 bits per heavy atom. The van der Waals surface area contributed by atoms with Crippen LogP contribution in [0.5, 0.6) is 0 Å². The fourth-order valence-corrected chi connectivity index (χ4v) is 1.58. The van der Waals surface area contributed by atoms with Gasteiger partial charge in [0.25, 0.3) is 0 Å². The highest BCUT2D eigenvalue weighted by atomic mass is 19.4. The average molecular weight is 277 g/mol. The quantitative estimate of drug-likeness (QED) is 0.827. The molecule has 0 radical (unpaired) electrons. The number of ether oxygens (including phenoxy) is 1. The summed E-state index contributed by atoms with van der Waals surface area (Å²) in [6.07, 6.45) is -3.75. The van der Waals surface area contributed by atoms with E-state index >= 15 is 0 Å². The Balaban J connectivity index is 2.88. The standard InChI is InChI=1S/C12H18F3N3O/c1-19-9-8-18(7-3-6-16)11-5-2-4-10(17-11)12(13,14)15/h2,4-5H,3,6-9,16H2,1H3. The van der Waals surface area contributed by atoms with Crippen molar-refractivity contribution in [3.63, 3.8) is 0 Å². The van der Waals surface area contributed by atoms with E-state index in [4.69, 9.17) is 10.5 Å². The summed E-state index contributed by atoms with van der Waals surface area (Å²) in [5.74, 6) is 0.292. The molecule has 108 valence electrons. The van der Waals surface area contributed by atoms with E-state index in [2.05, 4.69) is 4.98 Å². The summed E-state index contributed by atoms with van der Waals surface area (Å²) in [4.78, 5) is 5.40. The molecule has 0 aromatic carbocycles. The summed E-state index contributed by atoms with van der Waals surface area (Å²) in [6, 6.07) is 3.87. The molecule has 2 N–H and O–H groups in total. The molecule has 0 saturated carbocycles. The van der Waals surface area contributed by atoms with Crippen molar-refractivity contribution in [3.8, 4) is 0 Å². The normalized spacial score (nSPS) is 11.6. The Hall–Kier alpha value is -1.34. The molecule has 0 aliphatic heterocycles. The van der Waals surface area contributed by atoms with Gasteiger partial charge in [0.1, 0.15) is 11.5 Å². The Labute approximate surface area is 110 Å². The topological polar surface area (TPSA) is 51.4 Å². The molecule has 0 amide bonds. The lowest BCUT2D eigenvalue weighted by atomic mass is 10.3. The second-order valence-electron chi connectivity index (χ2n) is 4.00. The second-order valence-corrected chi connectivity index (χ2v) is 4.00. The van der Waals surface area contributed by atoms with Gasteiger partial charge in [0.15, 0.2) is 0 Å². The molecular weight excluding hydrogens is 259 g/mol. The molecule has 1 rings (SSSR count). The van der Waals surface area contributed by atoms with E-state index < -0.39 is 11.9 Å². The number of rotatable bonds is 7. The number of methoxy groups -OCH3 is 1. The summed E-state index contributed by atoms with van der Waals surface area (Å²) >= 11 is 0. The number of nitrogens with zero attached hydrogens (tertiary/aromatic N) is 2. The van der Waals surface area contributed by atoms with Crippen LogP contribution in [0.25, 0.3) is 0 Å². The SMILES string of the molecule is COCCN(CCCN)c1cccc(C(F)(F)F)n1. The first-order valence-electron chi connectivity index (χ1n) is 5.97. The first-order chi connectivity index (χ1) is 8.99. The first kappa shape index (κ1) is 15.7. The van der Waals surface area contributed by atoms with Crippen molar-refractivity contribution in [2.24, 2.45) is 5.73 Å². The lowest BCUT2D eigenvalue weighted by Crippen LogP contribution is -2.30. The Morgan fingerprint density at radius 2 is 2.05 bits per heavy atom. The fraction of sp³-hybridized carbons (Fsp3) is 0.583. The maximum absolute atomic E-state index is 12.6. The maximum atomic E-state index is 12.6. The van der Waals surface area contributed by atoms with Crippen LogP contribution in [0.15, 0.2) is 18.2 Å². The number of halogens is 3. The van der Waals surface area contributed by atoms with Crippen molar-refractivity contribution in [2.75, 3.05) is 38.3 Å². The van der Waals surface area contributed by atoms with E-state index in [1.807, 2.05) is 0 Å². The van der Waals surface area contributed by atoms with Crippen LogP contribution < -0.4 is 10.6 Å². The highest BCUT2D eigenvalue weighted by Gasteiger charge is 2.32. The third kappa shape index (κ3) is 5.04. The summed E-state index contributed by atoms with van der Waals surface area (Å²) in [5.41, 5.74) is 4.54. The second kappa shape index (κ2) is 7.30. The predicted octanol–water partition coefficient (Wildman–Crippen LogP) is 1.90. The van der Waals surface area contributed by atoms with Crippen LogP contribution in [-0.4, -0.2) is 38.3 Å².